The first-order valence-corrected chi connectivity index (χ1v) is 8.44. The molecular weight excluding hydrogens is 368 g/mol. The molecule has 12 heteroatoms. The summed E-state index contributed by atoms with van der Waals surface area (Å²) in [5.74, 6) is -4.24. The van der Waals surface area contributed by atoms with Crippen molar-refractivity contribution in [3.8, 4) is 0 Å². The summed E-state index contributed by atoms with van der Waals surface area (Å²) in [5.41, 5.74) is 5.66. The van der Waals surface area contributed by atoms with Crippen LogP contribution >= 0.6 is 12.6 Å². The monoisotopic (exact) mass is 394 g/mol. The van der Waals surface area contributed by atoms with Crippen molar-refractivity contribution in [1.82, 2.24) is 16.0 Å². The summed E-state index contributed by atoms with van der Waals surface area (Å²) >= 11 is 3.90. The van der Waals surface area contributed by atoms with Crippen LogP contribution in [0.2, 0.25) is 0 Å². The van der Waals surface area contributed by atoms with Gasteiger partial charge in [-0.25, -0.2) is 4.79 Å². The van der Waals surface area contributed by atoms with Crippen LogP contribution in [0.1, 0.15) is 13.8 Å². The molecule has 4 atom stereocenters. The molecule has 0 radical (unpaired) electrons. The van der Waals surface area contributed by atoms with Gasteiger partial charge in [0.05, 0.1) is 19.3 Å². The number of hydrogen-bond acceptors (Lipinski definition) is 8. The summed E-state index contributed by atoms with van der Waals surface area (Å²) in [6.07, 6.45) is 0. The van der Waals surface area contributed by atoms with Gasteiger partial charge in [0.15, 0.2) is 0 Å². The van der Waals surface area contributed by atoms with Gasteiger partial charge in [-0.05, 0) is 5.92 Å². The molecule has 0 spiro atoms. The van der Waals surface area contributed by atoms with E-state index in [0.29, 0.717) is 0 Å². The number of carboxylic acid groups (broad SMARTS) is 1. The van der Waals surface area contributed by atoms with Crippen molar-refractivity contribution < 1.29 is 34.5 Å². The van der Waals surface area contributed by atoms with E-state index in [0.717, 1.165) is 0 Å². The second kappa shape index (κ2) is 11.7. The average molecular weight is 394 g/mol. The van der Waals surface area contributed by atoms with Gasteiger partial charge in [-0.3, -0.25) is 14.4 Å². The van der Waals surface area contributed by atoms with Gasteiger partial charge in [-0.15, -0.1) is 0 Å². The van der Waals surface area contributed by atoms with E-state index in [2.05, 4.69) is 23.3 Å². The van der Waals surface area contributed by atoms with Gasteiger partial charge in [0.1, 0.15) is 18.1 Å². The fraction of sp³-hybridized carbons (Fsp3) is 0.714. The number of aliphatic carboxylic acids is 1. The zero-order chi connectivity index (χ0) is 20.4. The van der Waals surface area contributed by atoms with Crippen molar-refractivity contribution >= 4 is 36.3 Å². The molecule has 0 aliphatic heterocycles. The van der Waals surface area contributed by atoms with Crippen molar-refractivity contribution in [1.29, 1.82) is 0 Å². The Morgan fingerprint density at radius 3 is 1.69 bits per heavy atom. The molecule has 4 unspecified atom stereocenters. The summed E-state index contributed by atoms with van der Waals surface area (Å²) in [5, 5.41) is 33.6. The highest BCUT2D eigenvalue weighted by molar-refractivity contribution is 7.80. The lowest BCUT2D eigenvalue weighted by molar-refractivity contribution is -0.143. The maximum atomic E-state index is 12.2. The Labute approximate surface area is 156 Å². The third-order valence-electron chi connectivity index (χ3n) is 3.45. The molecule has 0 aromatic heterocycles. The van der Waals surface area contributed by atoms with E-state index in [4.69, 9.17) is 15.9 Å². The summed E-state index contributed by atoms with van der Waals surface area (Å²) in [6.45, 7) is 1.84. The van der Waals surface area contributed by atoms with E-state index < -0.39 is 61.1 Å². The predicted octanol–water partition coefficient (Wildman–Crippen LogP) is -3.58. The van der Waals surface area contributed by atoms with E-state index in [1.807, 2.05) is 5.32 Å². The lowest BCUT2D eigenvalue weighted by atomic mass is 10.0. The molecule has 0 aromatic carbocycles. The highest BCUT2D eigenvalue weighted by Gasteiger charge is 2.29. The Hall–Kier alpha value is -1.89. The average Bonchev–Trinajstić information content (AvgIpc) is 2.59. The second-order valence-electron chi connectivity index (χ2n) is 5.84. The third-order valence-corrected chi connectivity index (χ3v) is 3.81. The highest BCUT2D eigenvalue weighted by atomic mass is 32.1. The van der Waals surface area contributed by atoms with Crippen molar-refractivity contribution in [3.63, 3.8) is 0 Å². The molecule has 0 aromatic rings. The molecule has 0 rings (SSSR count). The van der Waals surface area contributed by atoms with Crippen molar-refractivity contribution in [2.24, 2.45) is 11.7 Å². The molecule has 8 N–H and O–H groups in total. The number of hydrogen-bond donors (Lipinski definition) is 8. The zero-order valence-corrected chi connectivity index (χ0v) is 15.4. The fourth-order valence-corrected chi connectivity index (χ4v) is 1.95. The normalized spacial score (nSPS) is 15.5. The van der Waals surface area contributed by atoms with Gasteiger partial charge >= 0.3 is 5.97 Å². The van der Waals surface area contributed by atoms with Gasteiger partial charge in [-0.1, -0.05) is 13.8 Å². The smallest absolute Gasteiger partial charge is 0.328 e. The van der Waals surface area contributed by atoms with E-state index in [1.54, 1.807) is 13.8 Å². The SMILES string of the molecule is CC(C)C(N)C(=O)NC(CO)C(=O)NC(CS)C(=O)NC(CO)C(=O)O. The van der Waals surface area contributed by atoms with Crippen LogP contribution < -0.4 is 21.7 Å². The van der Waals surface area contributed by atoms with Crippen LogP contribution in [-0.4, -0.2) is 82.1 Å². The number of carbonyl (C=O) groups excluding carboxylic acids is 3. The largest absolute Gasteiger partial charge is 0.480 e. The Bertz CT molecular complexity index is 518. The minimum Gasteiger partial charge on any atom is -0.480 e. The first-order chi connectivity index (χ1) is 12.1. The van der Waals surface area contributed by atoms with Crippen LogP contribution in [-0.2, 0) is 19.2 Å². The van der Waals surface area contributed by atoms with Crippen molar-refractivity contribution in [3.05, 3.63) is 0 Å². The van der Waals surface area contributed by atoms with Crippen LogP contribution in [0.15, 0.2) is 0 Å². The molecular formula is C14H26N4O7S. The van der Waals surface area contributed by atoms with E-state index >= 15 is 0 Å². The topological polar surface area (TPSA) is 191 Å². The number of thiol groups is 1. The molecule has 0 aliphatic carbocycles. The summed E-state index contributed by atoms with van der Waals surface area (Å²) < 4.78 is 0. The van der Waals surface area contributed by atoms with E-state index in [1.165, 1.54) is 0 Å². The molecule has 26 heavy (non-hydrogen) atoms. The summed E-state index contributed by atoms with van der Waals surface area (Å²) in [6, 6.07) is -5.03. The van der Waals surface area contributed by atoms with Crippen LogP contribution in [0.4, 0.5) is 0 Å². The molecule has 150 valence electrons. The molecule has 0 fully saturated rings. The second-order valence-corrected chi connectivity index (χ2v) is 6.20. The quantitative estimate of drug-likeness (QED) is 0.165. The Morgan fingerprint density at radius 1 is 0.885 bits per heavy atom. The first kappa shape index (κ1) is 24.1. The number of amides is 3. The fourth-order valence-electron chi connectivity index (χ4n) is 1.69. The molecule has 0 aliphatic rings. The molecule has 0 saturated heterocycles. The number of carbonyl (C=O) groups is 4. The van der Waals surface area contributed by atoms with Crippen molar-refractivity contribution in [2.75, 3.05) is 19.0 Å². The molecule has 3 amide bonds. The maximum Gasteiger partial charge on any atom is 0.328 e. The number of nitrogens with one attached hydrogen (secondary N) is 3. The predicted molar refractivity (Wildman–Crippen MR) is 94.3 cm³/mol. The van der Waals surface area contributed by atoms with Gasteiger partial charge in [0.25, 0.3) is 0 Å². The number of carboxylic acids is 1. The molecule has 0 saturated carbocycles. The minimum atomic E-state index is -1.54. The van der Waals surface area contributed by atoms with Gasteiger partial charge < -0.3 is 37.0 Å². The minimum absolute atomic E-state index is 0.188. The summed E-state index contributed by atoms with van der Waals surface area (Å²) in [4.78, 5) is 46.9. The number of nitrogens with two attached hydrogens (primary N) is 1. The van der Waals surface area contributed by atoms with Gasteiger partial charge in [0.2, 0.25) is 17.7 Å². The summed E-state index contributed by atoms with van der Waals surface area (Å²) in [7, 11) is 0. The lowest BCUT2D eigenvalue weighted by Gasteiger charge is -2.23. The van der Waals surface area contributed by atoms with Crippen LogP contribution in [0.25, 0.3) is 0 Å². The first-order valence-electron chi connectivity index (χ1n) is 7.81. The van der Waals surface area contributed by atoms with E-state index in [-0.39, 0.29) is 11.7 Å². The van der Waals surface area contributed by atoms with Crippen LogP contribution in [0.3, 0.4) is 0 Å². The highest BCUT2D eigenvalue weighted by Crippen LogP contribution is 1.99. The molecule has 0 heterocycles. The van der Waals surface area contributed by atoms with E-state index in [9.17, 15) is 24.3 Å². The molecule has 0 bridgehead atoms. The number of rotatable bonds is 11. The van der Waals surface area contributed by atoms with Crippen LogP contribution in [0.5, 0.6) is 0 Å². The Morgan fingerprint density at radius 2 is 1.31 bits per heavy atom. The van der Waals surface area contributed by atoms with Gasteiger partial charge in [-0.2, -0.15) is 12.6 Å². The number of aliphatic hydroxyl groups is 2. The number of aliphatic hydroxyl groups excluding tert-OH is 2. The Balaban J connectivity index is 4.91. The molecule has 11 nitrogen and oxygen atoms in total. The third kappa shape index (κ3) is 7.56. The standard InChI is InChI=1S/C14H26N4O7S/c1-6(2)10(15)13(23)16-7(3-19)11(21)18-9(5-26)12(22)17-8(4-20)14(24)25/h6-10,19-20,26H,3-5,15H2,1-2H3,(H,16,23)(H,17,22)(H,18,21)(H,24,25). The Kier molecular flexibility index (Phi) is 10.8. The van der Waals surface area contributed by atoms with Crippen LogP contribution in [0, 0.1) is 5.92 Å². The maximum absolute atomic E-state index is 12.2. The van der Waals surface area contributed by atoms with Crippen molar-refractivity contribution in [2.45, 2.75) is 38.0 Å². The van der Waals surface area contributed by atoms with Gasteiger partial charge in [0, 0.05) is 5.75 Å². The zero-order valence-electron chi connectivity index (χ0n) is 14.5. The lowest BCUT2D eigenvalue weighted by Crippen LogP contribution is -2.59.